The van der Waals surface area contributed by atoms with Crippen molar-refractivity contribution in [2.45, 2.75) is 69.4 Å². The van der Waals surface area contributed by atoms with E-state index in [0.717, 1.165) is 14.0 Å². The number of thiocarbonyl (C=S) groups is 1. The Balaban J connectivity index is 6.08. The molecule has 0 fully saturated rings. The number of methoxy groups -OCH3 is 1. The molecule has 0 saturated heterocycles. The first-order chi connectivity index (χ1) is 13.2. The van der Waals surface area contributed by atoms with Gasteiger partial charge in [-0.25, -0.2) is 0 Å². The number of carbonyl (C=O) groups excluding carboxylic acids is 1. The highest BCUT2D eigenvalue weighted by Crippen LogP contribution is 2.56. The fraction of sp³-hybridized carbons (Fsp3) is 0.875. The third-order valence-electron chi connectivity index (χ3n) is 4.20. The normalized spacial score (nSPS) is 16.8. The zero-order chi connectivity index (χ0) is 24.3. The lowest BCUT2D eigenvalue weighted by Gasteiger charge is -2.38. The molecule has 0 aromatic rings. The number of halogens is 9. The van der Waals surface area contributed by atoms with E-state index in [9.17, 15) is 44.3 Å². The lowest BCUT2D eigenvalue weighted by molar-refractivity contribution is -0.395. The van der Waals surface area contributed by atoms with Crippen molar-refractivity contribution in [1.82, 2.24) is 0 Å². The van der Waals surface area contributed by atoms with Gasteiger partial charge in [-0.15, -0.1) is 0 Å². The minimum atomic E-state index is -7.05. The highest BCUT2D eigenvalue weighted by molar-refractivity contribution is 8.23. The Morgan fingerprint density at radius 3 is 1.77 bits per heavy atom. The number of alkyl halides is 9. The van der Waals surface area contributed by atoms with Crippen molar-refractivity contribution < 1.29 is 53.8 Å². The summed E-state index contributed by atoms with van der Waals surface area (Å²) in [5.41, 5.74) is 0. The molecule has 30 heavy (non-hydrogen) atoms. The zero-order valence-corrected chi connectivity index (χ0v) is 18.1. The maximum atomic E-state index is 14.5. The molecule has 0 saturated carbocycles. The molecular formula is C16H21F9O3S2. The minimum Gasteiger partial charge on any atom is -0.475 e. The van der Waals surface area contributed by atoms with Gasteiger partial charge < -0.3 is 9.47 Å². The van der Waals surface area contributed by atoms with E-state index in [4.69, 9.17) is 4.74 Å². The summed E-state index contributed by atoms with van der Waals surface area (Å²) in [6, 6.07) is 0. The van der Waals surface area contributed by atoms with E-state index in [1.165, 1.54) is 6.92 Å². The topological polar surface area (TPSA) is 35.5 Å². The molecule has 3 unspecified atom stereocenters. The van der Waals surface area contributed by atoms with Gasteiger partial charge in [-0.1, -0.05) is 32.5 Å². The Kier molecular flexibility index (Phi) is 9.82. The average molecular weight is 496 g/mol. The van der Waals surface area contributed by atoms with Crippen LogP contribution in [0.2, 0.25) is 0 Å². The predicted molar refractivity (Wildman–Crippen MR) is 96.1 cm³/mol. The van der Waals surface area contributed by atoms with Crippen LogP contribution in [-0.4, -0.2) is 52.8 Å². The quantitative estimate of drug-likeness (QED) is 0.219. The molecule has 0 spiro atoms. The van der Waals surface area contributed by atoms with Crippen LogP contribution < -0.4 is 0 Å². The van der Waals surface area contributed by atoms with Gasteiger partial charge in [-0.2, -0.15) is 39.5 Å². The third kappa shape index (κ3) is 6.30. The monoisotopic (exact) mass is 496 g/mol. The van der Waals surface area contributed by atoms with Crippen LogP contribution in [0, 0.1) is 11.8 Å². The summed E-state index contributed by atoms with van der Waals surface area (Å²) < 4.78 is 129. The second-order valence-electron chi connectivity index (χ2n) is 6.85. The van der Waals surface area contributed by atoms with Crippen LogP contribution in [0.3, 0.4) is 0 Å². The van der Waals surface area contributed by atoms with Crippen LogP contribution in [-0.2, 0) is 14.3 Å². The van der Waals surface area contributed by atoms with Crippen molar-refractivity contribution in [3.05, 3.63) is 0 Å². The molecule has 0 aliphatic rings. The fourth-order valence-corrected chi connectivity index (χ4v) is 3.53. The van der Waals surface area contributed by atoms with Crippen molar-refractivity contribution in [2.75, 3.05) is 7.11 Å². The summed E-state index contributed by atoms with van der Waals surface area (Å²) in [4.78, 5) is 11.5. The summed E-state index contributed by atoms with van der Waals surface area (Å²) in [6.45, 7) is 5.69. The van der Waals surface area contributed by atoms with E-state index in [-0.39, 0.29) is 17.7 Å². The Hall–Kier alpha value is -0.920. The molecule has 0 aromatic carbocycles. The van der Waals surface area contributed by atoms with Crippen LogP contribution in [0.15, 0.2) is 0 Å². The highest BCUT2D eigenvalue weighted by Gasteiger charge is 2.83. The van der Waals surface area contributed by atoms with Crippen LogP contribution in [0.4, 0.5) is 39.5 Å². The number of hydrogen-bond donors (Lipinski definition) is 0. The molecule has 3 nitrogen and oxygen atoms in total. The van der Waals surface area contributed by atoms with Gasteiger partial charge >= 0.3 is 29.9 Å². The fourth-order valence-electron chi connectivity index (χ4n) is 1.91. The van der Waals surface area contributed by atoms with Gasteiger partial charge in [0, 0.05) is 0 Å². The SMILES string of the molecule is COC(=O)C(C)CC(SC(=S)OC(C)C(C)C)C(F)(F)C(F)(F)C(F)(F)C(F)(F)F. The molecule has 0 amide bonds. The molecule has 0 aliphatic heterocycles. The molecule has 0 aromatic heterocycles. The molecule has 0 rings (SSSR count). The molecular weight excluding hydrogens is 475 g/mol. The number of rotatable bonds is 9. The second-order valence-corrected chi connectivity index (χ2v) is 8.66. The smallest absolute Gasteiger partial charge is 0.460 e. The maximum Gasteiger partial charge on any atom is 0.460 e. The number of carbonyl (C=O) groups is 1. The molecule has 0 N–H and O–H groups in total. The van der Waals surface area contributed by atoms with Gasteiger partial charge in [0.25, 0.3) is 0 Å². The first-order valence-electron chi connectivity index (χ1n) is 8.39. The molecule has 14 heteroatoms. The summed E-state index contributed by atoms with van der Waals surface area (Å²) >= 11 is 4.35. The van der Waals surface area contributed by atoms with Crippen LogP contribution in [0.1, 0.15) is 34.1 Å². The van der Waals surface area contributed by atoms with E-state index in [1.54, 1.807) is 13.8 Å². The van der Waals surface area contributed by atoms with Crippen molar-refractivity contribution >= 4 is 34.3 Å². The van der Waals surface area contributed by atoms with Crippen molar-refractivity contribution in [2.24, 2.45) is 11.8 Å². The van der Waals surface area contributed by atoms with Crippen LogP contribution >= 0.6 is 24.0 Å². The molecule has 178 valence electrons. The Bertz CT molecular complexity index is 609. The van der Waals surface area contributed by atoms with Crippen molar-refractivity contribution in [1.29, 1.82) is 0 Å². The molecule has 0 heterocycles. The van der Waals surface area contributed by atoms with Gasteiger partial charge in [-0.3, -0.25) is 4.79 Å². The summed E-state index contributed by atoms with van der Waals surface area (Å²) in [5, 5.41) is -2.96. The molecule has 3 atom stereocenters. The van der Waals surface area contributed by atoms with Gasteiger partial charge in [0.2, 0.25) is 4.38 Å². The van der Waals surface area contributed by atoms with E-state index >= 15 is 0 Å². The lowest BCUT2D eigenvalue weighted by Crippen LogP contribution is -2.64. The zero-order valence-electron chi connectivity index (χ0n) is 16.5. The van der Waals surface area contributed by atoms with Crippen molar-refractivity contribution in [3.8, 4) is 0 Å². The van der Waals surface area contributed by atoms with Gasteiger partial charge in [0.05, 0.1) is 24.4 Å². The van der Waals surface area contributed by atoms with Crippen LogP contribution in [0.5, 0.6) is 0 Å². The highest BCUT2D eigenvalue weighted by atomic mass is 32.2. The van der Waals surface area contributed by atoms with E-state index < -0.39 is 58.0 Å². The number of esters is 1. The first kappa shape index (κ1) is 29.1. The lowest BCUT2D eigenvalue weighted by atomic mass is 9.94. The number of thioether (sulfide) groups is 1. The summed E-state index contributed by atoms with van der Waals surface area (Å²) in [6.07, 6.45) is -8.89. The van der Waals surface area contributed by atoms with Gasteiger partial charge in [0.15, 0.2) is 0 Å². The van der Waals surface area contributed by atoms with Crippen molar-refractivity contribution in [3.63, 3.8) is 0 Å². The number of ether oxygens (including phenoxy) is 2. The summed E-state index contributed by atoms with van der Waals surface area (Å²) in [7, 11) is 0.851. The standard InChI is InChI=1S/C16H21F9O3S2/c1-7(2)9(4)28-12(29)30-10(6-8(3)11(26)27-5)13(17,18)14(19,20)15(21,22)16(23,24)25/h7-10H,6H2,1-5H3. The molecule has 0 aliphatic carbocycles. The minimum absolute atomic E-state index is 0.215. The second kappa shape index (κ2) is 10.1. The predicted octanol–water partition coefficient (Wildman–Crippen LogP) is 6.10. The summed E-state index contributed by atoms with van der Waals surface area (Å²) in [5.74, 6) is -22.8. The van der Waals surface area contributed by atoms with E-state index in [2.05, 4.69) is 17.0 Å². The Morgan fingerprint density at radius 1 is 0.933 bits per heavy atom. The Labute approximate surface area is 177 Å². The first-order valence-corrected chi connectivity index (χ1v) is 9.68. The third-order valence-corrected chi connectivity index (χ3v) is 5.65. The van der Waals surface area contributed by atoms with Gasteiger partial charge in [-0.05, 0) is 31.5 Å². The average Bonchev–Trinajstić information content (AvgIpc) is 2.58. The maximum absolute atomic E-state index is 14.5. The molecule has 0 bridgehead atoms. The largest absolute Gasteiger partial charge is 0.475 e. The number of hydrogen-bond acceptors (Lipinski definition) is 5. The van der Waals surface area contributed by atoms with Gasteiger partial charge in [0.1, 0.15) is 0 Å². The Morgan fingerprint density at radius 2 is 1.40 bits per heavy atom. The molecule has 0 radical (unpaired) electrons. The van der Waals surface area contributed by atoms with Crippen LogP contribution in [0.25, 0.3) is 0 Å². The van der Waals surface area contributed by atoms with E-state index in [0.29, 0.717) is 0 Å². The van der Waals surface area contributed by atoms with E-state index in [1.807, 2.05) is 0 Å².